The van der Waals surface area contributed by atoms with Gasteiger partial charge in [-0.1, -0.05) is 88.5 Å². The van der Waals surface area contributed by atoms with E-state index in [0.717, 1.165) is 62.1 Å². The molecule has 0 aliphatic heterocycles. The Labute approximate surface area is 319 Å². The smallest absolute Gasteiger partial charge is 0.870 e. The van der Waals surface area contributed by atoms with E-state index in [0.29, 0.717) is 0 Å². The van der Waals surface area contributed by atoms with Gasteiger partial charge in [0.25, 0.3) is 10.1 Å². The van der Waals surface area contributed by atoms with Crippen LogP contribution in [-0.4, -0.2) is 68.8 Å². The van der Waals surface area contributed by atoms with E-state index in [9.17, 15) is 31.6 Å². The van der Waals surface area contributed by atoms with E-state index in [1.807, 2.05) is 12.1 Å². The Morgan fingerprint density at radius 1 is 0.633 bits per heavy atom. The van der Waals surface area contributed by atoms with Crippen molar-refractivity contribution in [3.05, 3.63) is 96.1 Å². The fraction of sp³-hybridized carbons (Fsp3) is 0.333. The second-order valence-corrected chi connectivity index (χ2v) is 14.1. The molecule has 4 aromatic rings. The normalized spacial score (nSPS) is 11.2. The zero-order valence-electron chi connectivity index (χ0n) is 27.8. The van der Waals surface area contributed by atoms with Crippen molar-refractivity contribution in [1.82, 2.24) is 0 Å². The Hall–Kier alpha value is -2.84. The van der Waals surface area contributed by atoms with Gasteiger partial charge >= 0.3 is 37.7 Å². The van der Waals surface area contributed by atoms with Gasteiger partial charge in [-0.2, -0.15) is 8.42 Å². The van der Waals surface area contributed by atoms with Crippen LogP contribution in [-0.2, 0) is 33.1 Å². The molecule has 0 atom stereocenters. The van der Waals surface area contributed by atoms with Gasteiger partial charge in [-0.25, -0.2) is 8.42 Å². The summed E-state index contributed by atoms with van der Waals surface area (Å²) in [5.74, 6) is 0.432. The van der Waals surface area contributed by atoms with Crippen LogP contribution in [0.3, 0.4) is 0 Å². The average Bonchev–Trinajstić information content (AvgIpc) is 3.04. The van der Waals surface area contributed by atoms with Crippen molar-refractivity contribution in [2.45, 2.75) is 87.8 Å². The standard InChI is InChI=1S/2C18H22O5S.Ca/c2*1-2-3-4-5-7-14-10-11-18(17(19)12-14)23-15-8-6-9-16(13-15)24(20,21)22;/h2*6,8-13,19H,2-5,7H2,1H3,(H,20,21,22);/q;;+2/p-2. The number of hydrogen-bond donors (Lipinski definition) is 2. The number of aryl methyl sites for hydroxylation is 2. The number of rotatable bonds is 16. The molecule has 0 saturated carbocycles. The Morgan fingerprint density at radius 2 is 1.12 bits per heavy atom. The van der Waals surface area contributed by atoms with E-state index < -0.39 is 20.2 Å². The summed E-state index contributed by atoms with van der Waals surface area (Å²) in [4.78, 5) is -0.646. The molecule has 0 aliphatic rings. The van der Waals surface area contributed by atoms with Gasteiger partial charge < -0.3 is 24.2 Å². The van der Waals surface area contributed by atoms with Crippen LogP contribution in [0.2, 0.25) is 0 Å². The van der Waals surface area contributed by atoms with Crippen molar-refractivity contribution in [3.8, 4) is 34.5 Å². The molecule has 4 rings (SSSR count). The second-order valence-electron chi connectivity index (χ2n) is 11.3. The predicted octanol–water partition coefficient (Wildman–Crippen LogP) is 7.75. The predicted molar refractivity (Wildman–Crippen MR) is 186 cm³/mol. The third kappa shape index (κ3) is 14.9. The largest absolute Gasteiger partial charge is 2.00 e. The summed E-state index contributed by atoms with van der Waals surface area (Å²) in [5, 5.41) is 22.2. The monoisotopic (exact) mass is 738 g/mol. The molecule has 0 radical (unpaired) electrons. The summed E-state index contributed by atoms with van der Waals surface area (Å²) < 4.78 is 75.4. The molecule has 0 unspecified atom stereocenters. The maximum Gasteiger partial charge on any atom is 2.00 e. The Kier molecular flexibility index (Phi) is 17.9. The molecule has 4 aromatic carbocycles. The van der Waals surface area contributed by atoms with E-state index in [1.54, 1.807) is 24.3 Å². The average molecular weight is 739 g/mol. The van der Waals surface area contributed by atoms with Crippen LogP contribution in [0.4, 0.5) is 0 Å². The minimum absolute atomic E-state index is 0. The van der Waals surface area contributed by atoms with Crippen LogP contribution in [0.5, 0.6) is 34.5 Å². The first kappa shape index (κ1) is 42.3. The molecular formula is C36H42CaO10S2. The van der Waals surface area contributed by atoms with Crippen molar-refractivity contribution in [1.29, 1.82) is 0 Å². The number of benzene rings is 4. The maximum absolute atomic E-state index is 12.1. The summed E-state index contributed by atoms with van der Waals surface area (Å²) in [6.45, 7) is 4.31. The van der Waals surface area contributed by atoms with Gasteiger partial charge in [0.05, 0.1) is 9.79 Å². The molecule has 49 heavy (non-hydrogen) atoms. The number of hydrogen-bond acceptors (Lipinski definition) is 9. The van der Waals surface area contributed by atoms with Crippen LogP contribution < -0.4 is 14.6 Å². The molecule has 0 amide bonds. The summed E-state index contributed by atoms with van der Waals surface area (Å²) in [6.07, 6.45) is 10.9. The molecule has 260 valence electrons. The first-order chi connectivity index (χ1) is 22.8. The Bertz CT molecular complexity index is 1710. The van der Waals surface area contributed by atoms with E-state index in [2.05, 4.69) is 13.8 Å². The summed E-state index contributed by atoms with van der Waals surface area (Å²) >= 11 is 0. The van der Waals surface area contributed by atoms with Gasteiger partial charge in [-0.05, 0) is 85.3 Å². The summed E-state index contributed by atoms with van der Waals surface area (Å²) in [5.41, 5.74) is 1.99. The minimum atomic E-state index is -4.56. The van der Waals surface area contributed by atoms with Crippen molar-refractivity contribution in [3.63, 3.8) is 0 Å². The number of ether oxygens (including phenoxy) is 2. The maximum atomic E-state index is 12.1. The van der Waals surface area contributed by atoms with Gasteiger partial charge in [-0.15, -0.1) is 0 Å². The van der Waals surface area contributed by atoms with Gasteiger partial charge in [-0.3, -0.25) is 4.55 Å². The van der Waals surface area contributed by atoms with E-state index in [1.165, 1.54) is 61.7 Å². The fourth-order valence-corrected chi connectivity index (χ4v) is 5.78. The van der Waals surface area contributed by atoms with E-state index in [4.69, 9.17) is 14.0 Å². The van der Waals surface area contributed by atoms with Gasteiger partial charge in [0.15, 0.2) is 11.5 Å². The fourth-order valence-electron chi connectivity index (χ4n) is 4.75. The van der Waals surface area contributed by atoms with Crippen molar-refractivity contribution >= 4 is 58.0 Å². The first-order valence-corrected chi connectivity index (χ1v) is 18.8. The molecule has 0 spiro atoms. The zero-order valence-corrected chi connectivity index (χ0v) is 31.7. The molecule has 0 fully saturated rings. The van der Waals surface area contributed by atoms with Crippen LogP contribution in [0, 0.1) is 0 Å². The summed E-state index contributed by atoms with van der Waals surface area (Å²) in [7, 11) is -8.85. The molecule has 0 heterocycles. The van der Waals surface area contributed by atoms with Crippen LogP contribution in [0.1, 0.15) is 76.3 Å². The second kappa shape index (κ2) is 20.7. The molecule has 0 saturated heterocycles. The number of phenolic OH excluding ortho intramolecular Hbond substituents is 1. The molecule has 0 aromatic heterocycles. The van der Waals surface area contributed by atoms with Crippen LogP contribution in [0.25, 0.3) is 0 Å². The number of aromatic hydroxyl groups is 1. The van der Waals surface area contributed by atoms with Gasteiger partial charge in [0, 0.05) is 6.07 Å². The zero-order chi connectivity index (χ0) is 35.2. The third-order valence-corrected chi connectivity index (χ3v) is 9.00. The number of phenols is 1. The molecule has 2 N–H and O–H groups in total. The molecule has 0 bridgehead atoms. The third-order valence-electron chi connectivity index (χ3n) is 7.32. The summed E-state index contributed by atoms with van der Waals surface area (Å²) in [6, 6.07) is 20.8. The van der Waals surface area contributed by atoms with Gasteiger partial charge in [0.1, 0.15) is 27.4 Å². The molecule has 13 heteroatoms. The van der Waals surface area contributed by atoms with Crippen molar-refractivity contribution < 1.29 is 45.6 Å². The van der Waals surface area contributed by atoms with Crippen LogP contribution >= 0.6 is 0 Å². The topological polar surface area (TPSA) is 173 Å². The Balaban J connectivity index is 0.000000333. The van der Waals surface area contributed by atoms with E-state index in [-0.39, 0.29) is 82.0 Å². The minimum Gasteiger partial charge on any atom is -0.870 e. The van der Waals surface area contributed by atoms with Crippen LogP contribution in [0.15, 0.2) is 94.7 Å². The van der Waals surface area contributed by atoms with Crippen molar-refractivity contribution in [2.75, 3.05) is 0 Å². The van der Waals surface area contributed by atoms with Gasteiger partial charge in [0.2, 0.25) is 0 Å². The number of unbranched alkanes of at least 4 members (excludes halogenated alkanes) is 6. The first-order valence-electron chi connectivity index (χ1n) is 15.9. The molecule has 10 nitrogen and oxygen atoms in total. The SMILES string of the molecule is CCCCCCc1ccc(Oc2cccc(S(=O)(=O)O)c2)c(O)c1.CCCCCCc1ccc(Oc2cccc(S(=O)(=O)[O-])c2)c([O-])c1.[Ca+2]. The molecular weight excluding hydrogens is 697 g/mol. The quantitative estimate of drug-likeness (QED) is 0.0657. The van der Waals surface area contributed by atoms with E-state index >= 15 is 0 Å². The van der Waals surface area contributed by atoms with Crippen molar-refractivity contribution in [2.24, 2.45) is 0 Å². The molecule has 0 aliphatic carbocycles. The Morgan fingerprint density at radius 3 is 1.61 bits per heavy atom.